The van der Waals surface area contributed by atoms with Crippen LogP contribution >= 0.6 is 0 Å². The number of hydrogen-bond donors (Lipinski definition) is 1. The third-order valence-corrected chi connectivity index (χ3v) is 6.50. The average molecular weight is 329 g/mol. The Morgan fingerprint density at radius 2 is 1.95 bits per heavy atom. The highest BCUT2D eigenvalue weighted by molar-refractivity contribution is 7.89. The van der Waals surface area contributed by atoms with Crippen molar-refractivity contribution < 1.29 is 13.5 Å². The summed E-state index contributed by atoms with van der Waals surface area (Å²) in [7, 11) is -3.55. The summed E-state index contributed by atoms with van der Waals surface area (Å²) in [4.78, 5) is 0.332. The van der Waals surface area contributed by atoms with Crippen LogP contribution < -0.4 is 0 Å². The number of rotatable bonds is 5. The van der Waals surface area contributed by atoms with Crippen LogP contribution in [0.1, 0.15) is 32.2 Å². The lowest BCUT2D eigenvalue weighted by Crippen LogP contribution is -2.30. The van der Waals surface area contributed by atoms with Gasteiger partial charge in [0.1, 0.15) is 4.90 Å². The highest BCUT2D eigenvalue weighted by atomic mass is 32.2. The van der Waals surface area contributed by atoms with Crippen molar-refractivity contribution in [3.05, 3.63) is 11.4 Å². The fraction of sp³-hybridized carbons (Fsp3) is 0.800. The molecule has 1 saturated heterocycles. The van der Waals surface area contributed by atoms with E-state index in [4.69, 9.17) is 0 Å². The smallest absolute Gasteiger partial charge is 0.246 e. The Morgan fingerprint density at radius 1 is 1.32 bits per heavy atom. The third kappa shape index (κ3) is 3.07. The number of hydrogen-bond acceptors (Lipinski definition) is 4. The van der Waals surface area contributed by atoms with Crippen LogP contribution in [-0.4, -0.2) is 47.3 Å². The van der Waals surface area contributed by atoms with E-state index < -0.39 is 10.0 Å². The van der Waals surface area contributed by atoms with Crippen molar-refractivity contribution in [2.24, 2.45) is 17.8 Å². The first-order valence-electron chi connectivity index (χ1n) is 7.83. The number of nitrogens with zero attached hydrogens (tertiary/aromatic N) is 3. The van der Waals surface area contributed by atoms with E-state index in [0.29, 0.717) is 41.8 Å². The van der Waals surface area contributed by atoms with Gasteiger partial charge >= 0.3 is 0 Å². The number of aliphatic hydroxyl groups excluding tert-OH is 1. The minimum Gasteiger partial charge on any atom is -0.396 e. The van der Waals surface area contributed by atoms with Gasteiger partial charge in [-0.15, -0.1) is 0 Å². The van der Waals surface area contributed by atoms with E-state index in [9.17, 15) is 13.5 Å². The SMILES string of the molecule is Cc1nn(CC(C)C)c(C)c1S(=O)(=O)N1C[C@@H](CO)[C@H](C)C1. The van der Waals surface area contributed by atoms with Crippen LogP contribution in [0.4, 0.5) is 0 Å². The largest absolute Gasteiger partial charge is 0.396 e. The predicted octanol–water partition coefficient (Wildman–Crippen LogP) is 1.40. The summed E-state index contributed by atoms with van der Waals surface area (Å²) in [6.45, 7) is 11.3. The molecule has 0 aromatic carbocycles. The molecule has 0 unspecified atom stereocenters. The molecule has 2 heterocycles. The van der Waals surface area contributed by atoms with Crippen molar-refractivity contribution in [3.63, 3.8) is 0 Å². The van der Waals surface area contributed by atoms with Crippen LogP contribution in [0.5, 0.6) is 0 Å². The molecular weight excluding hydrogens is 302 g/mol. The fourth-order valence-electron chi connectivity index (χ4n) is 3.13. The molecule has 7 heteroatoms. The predicted molar refractivity (Wildman–Crippen MR) is 85.0 cm³/mol. The lowest BCUT2D eigenvalue weighted by Gasteiger charge is -2.17. The van der Waals surface area contributed by atoms with Gasteiger partial charge in [0.15, 0.2) is 0 Å². The summed E-state index contributed by atoms with van der Waals surface area (Å²) < 4.78 is 29.2. The van der Waals surface area contributed by atoms with Crippen molar-refractivity contribution in [1.29, 1.82) is 0 Å². The van der Waals surface area contributed by atoms with Gasteiger partial charge in [0.25, 0.3) is 0 Å². The summed E-state index contributed by atoms with van der Waals surface area (Å²) in [5.74, 6) is 0.589. The lowest BCUT2D eigenvalue weighted by atomic mass is 10.00. The molecule has 0 spiro atoms. The van der Waals surface area contributed by atoms with Gasteiger partial charge in [-0.3, -0.25) is 4.68 Å². The van der Waals surface area contributed by atoms with Gasteiger partial charge in [-0.25, -0.2) is 8.42 Å². The summed E-state index contributed by atoms with van der Waals surface area (Å²) in [6, 6.07) is 0. The molecule has 0 saturated carbocycles. The molecule has 2 rings (SSSR count). The van der Waals surface area contributed by atoms with Crippen LogP contribution in [0.3, 0.4) is 0 Å². The van der Waals surface area contributed by atoms with Crippen LogP contribution in [-0.2, 0) is 16.6 Å². The summed E-state index contributed by atoms with van der Waals surface area (Å²) in [5, 5.41) is 13.8. The monoisotopic (exact) mass is 329 g/mol. The number of aromatic nitrogens is 2. The van der Waals surface area contributed by atoms with E-state index in [0.717, 1.165) is 0 Å². The zero-order valence-electron chi connectivity index (χ0n) is 14.1. The second-order valence-electron chi connectivity index (χ2n) is 6.82. The molecule has 0 aliphatic carbocycles. The van der Waals surface area contributed by atoms with E-state index >= 15 is 0 Å². The topological polar surface area (TPSA) is 75.4 Å². The van der Waals surface area contributed by atoms with Gasteiger partial charge in [-0.05, 0) is 31.6 Å². The molecular formula is C15H27N3O3S. The molecule has 126 valence electrons. The maximum absolute atomic E-state index is 13.0. The Bertz CT molecular complexity index is 637. The quantitative estimate of drug-likeness (QED) is 0.886. The molecule has 0 amide bonds. The molecule has 1 aromatic rings. The molecule has 2 atom stereocenters. The first kappa shape index (κ1) is 17.4. The summed E-state index contributed by atoms with van der Waals surface area (Å²) >= 11 is 0. The summed E-state index contributed by atoms with van der Waals surface area (Å²) in [5.41, 5.74) is 1.25. The normalized spacial score (nSPS) is 23.6. The van der Waals surface area contributed by atoms with E-state index in [2.05, 4.69) is 18.9 Å². The molecule has 1 fully saturated rings. The van der Waals surface area contributed by atoms with Gasteiger partial charge in [-0.2, -0.15) is 9.40 Å². The highest BCUT2D eigenvalue weighted by Crippen LogP contribution is 2.31. The maximum atomic E-state index is 13.0. The zero-order chi connectivity index (χ0) is 16.7. The zero-order valence-corrected chi connectivity index (χ0v) is 14.9. The minimum absolute atomic E-state index is 0.0149. The third-order valence-electron chi connectivity index (χ3n) is 4.42. The van der Waals surface area contributed by atoms with Crippen LogP contribution in [0.15, 0.2) is 4.90 Å². The maximum Gasteiger partial charge on any atom is 0.246 e. The molecule has 1 aliphatic heterocycles. The van der Waals surface area contributed by atoms with Gasteiger partial charge in [0.2, 0.25) is 10.0 Å². The molecule has 22 heavy (non-hydrogen) atoms. The highest BCUT2D eigenvalue weighted by Gasteiger charge is 2.39. The molecule has 1 aromatic heterocycles. The molecule has 0 bridgehead atoms. The van der Waals surface area contributed by atoms with Gasteiger partial charge in [0, 0.05) is 26.2 Å². The number of aliphatic hydroxyl groups is 1. The van der Waals surface area contributed by atoms with E-state index in [1.165, 1.54) is 4.31 Å². The minimum atomic E-state index is -3.55. The van der Waals surface area contributed by atoms with Crippen LogP contribution in [0.2, 0.25) is 0 Å². The lowest BCUT2D eigenvalue weighted by molar-refractivity contribution is 0.210. The average Bonchev–Trinajstić information content (AvgIpc) is 2.90. The van der Waals surface area contributed by atoms with Crippen molar-refractivity contribution in [3.8, 4) is 0 Å². The Kier molecular flexibility index (Phi) is 4.99. The van der Waals surface area contributed by atoms with Crippen LogP contribution in [0.25, 0.3) is 0 Å². The number of aryl methyl sites for hydroxylation is 1. The number of sulfonamides is 1. The Labute approximate surface area is 133 Å². The Morgan fingerprint density at radius 3 is 2.45 bits per heavy atom. The Balaban J connectivity index is 2.37. The summed E-state index contributed by atoms with van der Waals surface area (Å²) in [6.07, 6.45) is 0. The van der Waals surface area contributed by atoms with Crippen LogP contribution in [0, 0.1) is 31.6 Å². The first-order chi connectivity index (χ1) is 10.2. The molecule has 6 nitrogen and oxygen atoms in total. The van der Waals surface area contributed by atoms with E-state index in [1.807, 2.05) is 13.8 Å². The first-order valence-corrected chi connectivity index (χ1v) is 9.27. The van der Waals surface area contributed by atoms with E-state index in [1.54, 1.807) is 11.6 Å². The van der Waals surface area contributed by atoms with E-state index in [-0.39, 0.29) is 18.4 Å². The van der Waals surface area contributed by atoms with Gasteiger partial charge < -0.3 is 5.11 Å². The van der Waals surface area contributed by atoms with Gasteiger partial charge in [-0.1, -0.05) is 20.8 Å². The molecule has 0 radical (unpaired) electrons. The Hall–Kier alpha value is -0.920. The fourth-order valence-corrected chi connectivity index (χ4v) is 5.10. The molecule has 1 aliphatic rings. The van der Waals surface area contributed by atoms with Gasteiger partial charge in [0.05, 0.1) is 11.4 Å². The van der Waals surface area contributed by atoms with Crippen molar-refractivity contribution in [1.82, 2.24) is 14.1 Å². The van der Waals surface area contributed by atoms with Crippen molar-refractivity contribution in [2.45, 2.75) is 46.1 Å². The molecule has 1 N–H and O–H groups in total. The second-order valence-corrected chi connectivity index (χ2v) is 8.69. The standard InChI is InChI=1S/C15H27N3O3S/c1-10(2)6-18-13(5)15(12(4)16-18)22(20,21)17-7-11(3)14(8-17)9-19/h10-11,14,19H,6-9H2,1-5H3/t11-,14+/m1/s1. The van der Waals surface area contributed by atoms with Crippen molar-refractivity contribution >= 4 is 10.0 Å². The van der Waals surface area contributed by atoms with Crippen molar-refractivity contribution in [2.75, 3.05) is 19.7 Å². The second kappa shape index (κ2) is 6.29.